The summed E-state index contributed by atoms with van der Waals surface area (Å²) in [5, 5.41) is 5.96. The number of aryl methyl sites for hydroxylation is 1. The van der Waals surface area contributed by atoms with E-state index in [2.05, 4.69) is 15.3 Å². The lowest BCUT2D eigenvalue weighted by atomic mass is 10.1. The molecule has 3 N–H and O–H groups in total. The normalized spacial score (nSPS) is 10.4. The van der Waals surface area contributed by atoms with E-state index in [9.17, 15) is 4.79 Å². The molecule has 3 aromatic rings. The zero-order valence-corrected chi connectivity index (χ0v) is 12.7. The Labute approximate surface area is 131 Å². The van der Waals surface area contributed by atoms with Gasteiger partial charge in [0, 0.05) is 34.6 Å². The van der Waals surface area contributed by atoms with Crippen LogP contribution in [-0.4, -0.2) is 15.9 Å². The van der Waals surface area contributed by atoms with E-state index in [1.165, 1.54) is 11.3 Å². The van der Waals surface area contributed by atoms with Gasteiger partial charge in [-0.25, -0.2) is 4.98 Å². The van der Waals surface area contributed by atoms with E-state index >= 15 is 0 Å². The predicted octanol–water partition coefficient (Wildman–Crippen LogP) is 3.36. The van der Waals surface area contributed by atoms with E-state index < -0.39 is 5.91 Å². The summed E-state index contributed by atoms with van der Waals surface area (Å²) >= 11 is 1.50. The van der Waals surface area contributed by atoms with Crippen LogP contribution in [0.2, 0.25) is 0 Å². The third-order valence-corrected chi connectivity index (χ3v) is 3.98. The molecule has 0 saturated carbocycles. The fraction of sp³-hybridized carbons (Fsp3) is 0.0625. The van der Waals surface area contributed by atoms with Gasteiger partial charge in [-0.3, -0.25) is 9.78 Å². The second kappa shape index (κ2) is 5.95. The molecule has 0 radical (unpaired) electrons. The van der Waals surface area contributed by atoms with Gasteiger partial charge in [0.15, 0.2) is 5.13 Å². The molecule has 22 heavy (non-hydrogen) atoms. The number of nitrogens with two attached hydrogens (primary N) is 1. The van der Waals surface area contributed by atoms with Crippen molar-refractivity contribution in [2.24, 2.45) is 5.73 Å². The summed E-state index contributed by atoms with van der Waals surface area (Å²) < 4.78 is 0. The lowest BCUT2D eigenvalue weighted by Crippen LogP contribution is -2.11. The van der Waals surface area contributed by atoms with Gasteiger partial charge in [-0.2, -0.15) is 0 Å². The summed E-state index contributed by atoms with van der Waals surface area (Å²) in [7, 11) is 0. The molecule has 0 unspecified atom stereocenters. The van der Waals surface area contributed by atoms with E-state index in [1.54, 1.807) is 24.5 Å². The van der Waals surface area contributed by atoms with Crippen molar-refractivity contribution in [3.8, 4) is 11.3 Å². The molecule has 0 aliphatic heterocycles. The Balaban J connectivity index is 1.87. The number of benzene rings is 1. The first-order valence-corrected chi connectivity index (χ1v) is 7.55. The van der Waals surface area contributed by atoms with Crippen LogP contribution in [0.3, 0.4) is 0 Å². The number of nitrogens with one attached hydrogen (secondary N) is 1. The fourth-order valence-electron chi connectivity index (χ4n) is 2.00. The Morgan fingerprint density at radius 1 is 1.32 bits per heavy atom. The average molecular weight is 310 g/mol. The molecule has 110 valence electrons. The minimum Gasteiger partial charge on any atom is -0.366 e. The summed E-state index contributed by atoms with van der Waals surface area (Å²) in [5.74, 6) is -0.446. The second-order valence-corrected chi connectivity index (χ2v) is 5.66. The average Bonchev–Trinajstić information content (AvgIpc) is 2.99. The minimum atomic E-state index is -0.446. The number of hydrogen-bond donors (Lipinski definition) is 2. The molecule has 0 spiro atoms. The van der Waals surface area contributed by atoms with Gasteiger partial charge in [-0.05, 0) is 36.8 Å². The molecule has 0 atom stereocenters. The summed E-state index contributed by atoms with van der Waals surface area (Å²) in [6.45, 7) is 1.96. The molecule has 0 saturated heterocycles. The third kappa shape index (κ3) is 2.96. The standard InChI is InChI=1S/C16H14N4OS/c1-10-4-5-11(15(17)21)7-13(10)19-16-20-14(9-22-16)12-3-2-6-18-8-12/h2-9H,1H3,(H2,17,21)(H,19,20). The van der Waals surface area contributed by atoms with Crippen molar-refractivity contribution in [2.45, 2.75) is 6.92 Å². The molecular weight excluding hydrogens is 296 g/mol. The highest BCUT2D eigenvalue weighted by Crippen LogP contribution is 2.28. The Morgan fingerprint density at radius 3 is 2.91 bits per heavy atom. The first-order chi connectivity index (χ1) is 10.6. The van der Waals surface area contributed by atoms with Gasteiger partial charge in [0.25, 0.3) is 0 Å². The van der Waals surface area contributed by atoms with Gasteiger partial charge in [-0.15, -0.1) is 11.3 Å². The van der Waals surface area contributed by atoms with Crippen LogP contribution in [0.15, 0.2) is 48.1 Å². The van der Waals surface area contributed by atoms with Crippen molar-refractivity contribution in [3.63, 3.8) is 0 Å². The molecule has 0 aliphatic carbocycles. The maximum Gasteiger partial charge on any atom is 0.248 e. The molecule has 0 bridgehead atoms. The number of thiazole rings is 1. The van der Waals surface area contributed by atoms with Crippen molar-refractivity contribution in [1.82, 2.24) is 9.97 Å². The number of pyridine rings is 1. The number of carbonyl (C=O) groups is 1. The van der Waals surface area contributed by atoms with Crippen LogP contribution < -0.4 is 11.1 Å². The molecule has 0 fully saturated rings. The second-order valence-electron chi connectivity index (χ2n) is 4.80. The van der Waals surface area contributed by atoms with Gasteiger partial charge < -0.3 is 11.1 Å². The highest BCUT2D eigenvalue weighted by molar-refractivity contribution is 7.14. The van der Waals surface area contributed by atoms with Gasteiger partial charge >= 0.3 is 0 Å². The zero-order valence-electron chi connectivity index (χ0n) is 11.9. The Bertz CT molecular complexity index is 814. The van der Waals surface area contributed by atoms with Crippen molar-refractivity contribution in [2.75, 3.05) is 5.32 Å². The number of primary amides is 1. The molecule has 2 heterocycles. The topological polar surface area (TPSA) is 80.9 Å². The smallest absolute Gasteiger partial charge is 0.248 e. The molecule has 1 aromatic carbocycles. The van der Waals surface area contributed by atoms with E-state index in [0.29, 0.717) is 5.56 Å². The molecular formula is C16H14N4OS. The SMILES string of the molecule is Cc1ccc(C(N)=O)cc1Nc1nc(-c2cccnc2)cs1. The highest BCUT2D eigenvalue weighted by Gasteiger charge is 2.08. The number of carbonyl (C=O) groups excluding carboxylic acids is 1. The van der Waals surface area contributed by atoms with Crippen LogP contribution in [0.5, 0.6) is 0 Å². The first-order valence-electron chi connectivity index (χ1n) is 6.67. The molecule has 5 nitrogen and oxygen atoms in total. The molecule has 2 aromatic heterocycles. The quantitative estimate of drug-likeness (QED) is 0.774. The Kier molecular flexibility index (Phi) is 3.84. The maximum atomic E-state index is 11.3. The Hall–Kier alpha value is -2.73. The number of hydrogen-bond acceptors (Lipinski definition) is 5. The van der Waals surface area contributed by atoms with Crippen molar-refractivity contribution < 1.29 is 4.79 Å². The largest absolute Gasteiger partial charge is 0.366 e. The minimum absolute atomic E-state index is 0.446. The summed E-state index contributed by atoms with van der Waals surface area (Å²) in [5.41, 5.74) is 9.46. The van der Waals surface area contributed by atoms with Crippen LogP contribution in [0.4, 0.5) is 10.8 Å². The van der Waals surface area contributed by atoms with E-state index in [-0.39, 0.29) is 0 Å². The van der Waals surface area contributed by atoms with E-state index in [1.807, 2.05) is 30.5 Å². The highest BCUT2D eigenvalue weighted by atomic mass is 32.1. The van der Waals surface area contributed by atoms with Gasteiger partial charge in [-0.1, -0.05) is 6.07 Å². The van der Waals surface area contributed by atoms with Crippen molar-refractivity contribution in [3.05, 3.63) is 59.2 Å². The number of nitrogens with zero attached hydrogens (tertiary/aromatic N) is 2. The van der Waals surface area contributed by atoms with Crippen LogP contribution >= 0.6 is 11.3 Å². The van der Waals surface area contributed by atoms with E-state index in [0.717, 1.165) is 27.6 Å². The van der Waals surface area contributed by atoms with Crippen molar-refractivity contribution >= 4 is 28.1 Å². The molecule has 3 rings (SSSR count). The van der Waals surface area contributed by atoms with Crippen LogP contribution in [-0.2, 0) is 0 Å². The first kappa shape index (κ1) is 14.2. The van der Waals surface area contributed by atoms with Crippen LogP contribution in [0, 0.1) is 6.92 Å². The molecule has 0 aliphatic rings. The summed E-state index contributed by atoms with van der Waals surface area (Å²) in [6.07, 6.45) is 3.51. The molecule has 1 amide bonds. The monoisotopic (exact) mass is 310 g/mol. The summed E-state index contributed by atoms with van der Waals surface area (Å²) in [6, 6.07) is 9.15. The van der Waals surface area contributed by atoms with Gasteiger partial charge in [0.1, 0.15) is 0 Å². The molecule has 6 heteroatoms. The maximum absolute atomic E-state index is 11.3. The number of amides is 1. The summed E-state index contributed by atoms with van der Waals surface area (Å²) in [4.78, 5) is 19.9. The van der Waals surface area contributed by atoms with Crippen LogP contribution in [0.25, 0.3) is 11.3 Å². The van der Waals surface area contributed by atoms with Gasteiger partial charge in [0.05, 0.1) is 5.69 Å². The predicted molar refractivity (Wildman–Crippen MR) is 88.3 cm³/mol. The number of rotatable bonds is 4. The van der Waals surface area contributed by atoms with Gasteiger partial charge in [0.2, 0.25) is 5.91 Å². The van der Waals surface area contributed by atoms with Crippen LogP contribution in [0.1, 0.15) is 15.9 Å². The third-order valence-electron chi connectivity index (χ3n) is 3.23. The van der Waals surface area contributed by atoms with Crippen molar-refractivity contribution in [1.29, 1.82) is 0 Å². The van der Waals surface area contributed by atoms with E-state index in [4.69, 9.17) is 5.73 Å². The lowest BCUT2D eigenvalue weighted by molar-refractivity contribution is 0.100. The fourth-order valence-corrected chi connectivity index (χ4v) is 2.74. The Morgan fingerprint density at radius 2 is 2.18 bits per heavy atom. The number of aromatic nitrogens is 2. The zero-order chi connectivity index (χ0) is 15.5. The lowest BCUT2D eigenvalue weighted by Gasteiger charge is -2.08. The number of anilines is 2.